The van der Waals surface area contributed by atoms with Crippen LogP contribution in [-0.4, -0.2) is 11.2 Å². The molecule has 0 saturated heterocycles. The zero-order valence-electron chi connectivity index (χ0n) is 10.8. The lowest BCUT2D eigenvalue weighted by Crippen LogP contribution is -2.47. The topological polar surface area (TPSA) is 46.2 Å². The first-order chi connectivity index (χ1) is 8.72. The van der Waals surface area contributed by atoms with Crippen molar-refractivity contribution in [2.75, 3.05) is 0 Å². The van der Waals surface area contributed by atoms with Crippen molar-refractivity contribution in [3.05, 3.63) is 60.2 Å². The number of aliphatic hydroxyl groups is 1. The number of hydrogen-bond acceptors (Lipinski definition) is 2. The summed E-state index contributed by atoms with van der Waals surface area (Å²) < 4.78 is 0. The minimum absolute atomic E-state index is 0. The molecule has 1 aromatic rings. The largest absolute Gasteiger partial charge is 0.388 e. The van der Waals surface area contributed by atoms with Crippen molar-refractivity contribution >= 4 is 12.4 Å². The van der Waals surface area contributed by atoms with E-state index in [1.807, 2.05) is 24.3 Å². The van der Waals surface area contributed by atoms with Gasteiger partial charge in [0.25, 0.3) is 0 Å². The summed E-state index contributed by atoms with van der Waals surface area (Å²) in [7, 11) is 0. The fourth-order valence-corrected chi connectivity index (χ4v) is 3.30. The minimum atomic E-state index is -0.450. The highest BCUT2D eigenvalue weighted by Gasteiger charge is 2.46. The summed E-state index contributed by atoms with van der Waals surface area (Å²) in [5.74, 6) is 0.428. The third kappa shape index (κ3) is 2.36. The predicted molar refractivity (Wildman–Crippen MR) is 80.1 cm³/mol. The molecule has 0 aromatic heterocycles. The Morgan fingerprint density at radius 1 is 1.16 bits per heavy atom. The molecule has 2 aliphatic rings. The molecule has 19 heavy (non-hydrogen) atoms. The Hall–Kier alpha value is -1.09. The van der Waals surface area contributed by atoms with Crippen LogP contribution in [-0.2, 0) is 0 Å². The summed E-state index contributed by atoms with van der Waals surface area (Å²) in [5.41, 5.74) is 7.35. The third-order valence-corrected chi connectivity index (χ3v) is 4.40. The molecule has 0 saturated carbocycles. The van der Waals surface area contributed by atoms with Gasteiger partial charge in [0, 0.05) is 11.5 Å². The molecular formula is C16H20ClNO. The first kappa shape index (κ1) is 14.3. The molecule has 3 heteroatoms. The van der Waals surface area contributed by atoms with E-state index < -0.39 is 6.10 Å². The van der Waals surface area contributed by atoms with Crippen LogP contribution in [0, 0.1) is 11.3 Å². The highest BCUT2D eigenvalue weighted by Crippen LogP contribution is 2.49. The Labute approximate surface area is 120 Å². The number of allylic oxidation sites excluding steroid dienone is 3. The van der Waals surface area contributed by atoms with Crippen molar-refractivity contribution in [2.24, 2.45) is 17.1 Å². The summed E-state index contributed by atoms with van der Waals surface area (Å²) in [6, 6.07) is 10.00. The van der Waals surface area contributed by atoms with Gasteiger partial charge >= 0.3 is 0 Å². The van der Waals surface area contributed by atoms with Crippen molar-refractivity contribution in [1.29, 1.82) is 0 Å². The molecule has 4 atom stereocenters. The third-order valence-electron chi connectivity index (χ3n) is 4.40. The van der Waals surface area contributed by atoms with E-state index >= 15 is 0 Å². The van der Waals surface area contributed by atoms with Crippen molar-refractivity contribution in [2.45, 2.75) is 25.0 Å². The van der Waals surface area contributed by atoms with E-state index in [1.54, 1.807) is 0 Å². The molecular weight excluding hydrogens is 258 g/mol. The molecule has 0 fully saturated rings. The van der Waals surface area contributed by atoms with Crippen LogP contribution in [0.15, 0.2) is 54.6 Å². The first-order valence-corrected chi connectivity index (χ1v) is 6.56. The van der Waals surface area contributed by atoms with Crippen molar-refractivity contribution < 1.29 is 5.11 Å². The summed E-state index contributed by atoms with van der Waals surface area (Å²) in [6.07, 6.45) is 9.75. The number of rotatable bonds is 2. The van der Waals surface area contributed by atoms with Gasteiger partial charge in [0.15, 0.2) is 0 Å². The molecule has 0 spiro atoms. The Bertz CT molecular complexity index is 485. The summed E-state index contributed by atoms with van der Waals surface area (Å²) >= 11 is 0. The van der Waals surface area contributed by atoms with E-state index in [1.165, 1.54) is 0 Å². The molecule has 0 heterocycles. The second-order valence-electron chi connectivity index (χ2n) is 5.45. The monoisotopic (exact) mass is 277 g/mol. The average Bonchev–Trinajstić information content (AvgIpc) is 2.44. The molecule has 3 rings (SSSR count). The van der Waals surface area contributed by atoms with E-state index in [4.69, 9.17) is 5.73 Å². The molecule has 102 valence electrons. The second kappa shape index (κ2) is 5.49. The quantitative estimate of drug-likeness (QED) is 0.817. The maximum absolute atomic E-state index is 10.4. The standard InChI is InChI=1S/C16H19NO.ClH/c17-15(13-6-2-1-3-7-13)16-10-4-5-12(11-16)8-9-14(16)18;/h1-9,12,14-15,18H,10-11,17H2;1H. The minimum Gasteiger partial charge on any atom is -0.388 e. The second-order valence-corrected chi connectivity index (χ2v) is 5.45. The molecule has 2 aliphatic carbocycles. The highest BCUT2D eigenvalue weighted by molar-refractivity contribution is 5.85. The lowest BCUT2D eigenvalue weighted by molar-refractivity contribution is 0.0145. The number of aliphatic hydroxyl groups excluding tert-OH is 1. The van der Waals surface area contributed by atoms with Gasteiger partial charge in [-0.3, -0.25) is 0 Å². The number of halogens is 1. The maximum atomic E-state index is 10.4. The van der Waals surface area contributed by atoms with Crippen LogP contribution in [0.2, 0.25) is 0 Å². The summed E-state index contributed by atoms with van der Waals surface area (Å²) in [6.45, 7) is 0. The Morgan fingerprint density at radius 2 is 1.89 bits per heavy atom. The lowest BCUT2D eigenvalue weighted by atomic mass is 9.61. The van der Waals surface area contributed by atoms with Crippen LogP contribution in [0.3, 0.4) is 0 Å². The fraction of sp³-hybridized carbons (Fsp3) is 0.375. The Balaban J connectivity index is 0.00000133. The highest BCUT2D eigenvalue weighted by atomic mass is 35.5. The molecule has 3 N–H and O–H groups in total. The van der Waals surface area contributed by atoms with Gasteiger partial charge in [0.05, 0.1) is 6.10 Å². The maximum Gasteiger partial charge on any atom is 0.0798 e. The zero-order chi connectivity index (χ0) is 12.6. The molecule has 2 nitrogen and oxygen atoms in total. The average molecular weight is 278 g/mol. The van der Waals surface area contributed by atoms with Crippen LogP contribution in [0.25, 0.3) is 0 Å². The Kier molecular flexibility index (Phi) is 4.14. The van der Waals surface area contributed by atoms with Gasteiger partial charge in [-0.1, -0.05) is 54.6 Å². The van der Waals surface area contributed by atoms with E-state index in [0.29, 0.717) is 5.92 Å². The van der Waals surface area contributed by atoms with Gasteiger partial charge in [0.1, 0.15) is 0 Å². The van der Waals surface area contributed by atoms with Crippen LogP contribution < -0.4 is 5.73 Å². The van der Waals surface area contributed by atoms with Gasteiger partial charge in [-0.05, 0) is 24.3 Å². The molecule has 0 amide bonds. The number of nitrogens with two attached hydrogens (primary N) is 1. The number of fused-ring (bicyclic) bond motifs is 2. The molecule has 4 unspecified atom stereocenters. The molecule has 1 aromatic carbocycles. The fourth-order valence-electron chi connectivity index (χ4n) is 3.30. The predicted octanol–water partition coefficient (Wildman–Crippen LogP) is 2.99. The molecule has 0 radical (unpaired) electrons. The van der Waals surface area contributed by atoms with Crippen LogP contribution >= 0.6 is 12.4 Å². The zero-order valence-corrected chi connectivity index (χ0v) is 11.6. The normalized spacial score (nSPS) is 33.6. The molecule has 0 aliphatic heterocycles. The van der Waals surface area contributed by atoms with E-state index in [9.17, 15) is 5.11 Å². The van der Waals surface area contributed by atoms with Crippen molar-refractivity contribution in [1.82, 2.24) is 0 Å². The van der Waals surface area contributed by atoms with Gasteiger partial charge in [-0.15, -0.1) is 12.4 Å². The van der Waals surface area contributed by atoms with E-state index in [0.717, 1.165) is 18.4 Å². The SMILES string of the molecule is Cl.NC(c1ccccc1)C12CC=CC(C=CC1O)C2. The Morgan fingerprint density at radius 3 is 2.63 bits per heavy atom. The van der Waals surface area contributed by atoms with Gasteiger partial charge in [-0.25, -0.2) is 0 Å². The van der Waals surface area contributed by atoms with Gasteiger partial charge < -0.3 is 10.8 Å². The number of hydrogen-bond donors (Lipinski definition) is 2. The molecule has 2 bridgehead atoms. The van der Waals surface area contributed by atoms with Crippen LogP contribution in [0.4, 0.5) is 0 Å². The van der Waals surface area contributed by atoms with Crippen LogP contribution in [0.5, 0.6) is 0 Å². The summed E-state index contributed by atoms with van der Waals surface area (Å²) in [5, 5.41) is 10.4. The van der Waals surface area contributed by atoms with E-state index in [2.05, 4.69) is 30.4 Å². The van der Waals surface area contributed by atoms with E-state index in [-0.39, 0.29) is 23.9 Å². The lowest BCUT2D eigenvalue weighted by Gasteiger charge is -2.47. The van der Waals surface area contributed by atoms with Crippen LogP contribution in [0.1, 0.15) is 24.4 Å². The van der Waals surface area contributed by atoms with Gasteiger partial charge in [0.2, 0.25) is 0 Å². The van der Waals surface area contributed by atoms with Crippen molar-refractivity contribution in [3.8, 4) is 0 Å². The van der Waals surface area contributed by atoms with Crippen molar-refractivity contribution in [3.63, 3.8) is 0 Å². The van der Waals surface area contributed by atoms with Gasteiger partial charge in [-0.2, -0.15) is 0 Å². The summed E-state index contributed by atoms with van der Waals surface area (Å²) in [4.78, 5) is 0. The smallest absolute Gasteiger partial charge is 0.0798 e. The number of benzene rings is 1. The first-order valence-electron chi connectivity index (χ1n) is 6.56.